The highest BCUT2D eigenvalue weighted by atomic mass is 35.5. The van der Waals surface area contributed by atoms with E-state index in [0.29, 0.717) is 0 Å². The van der Waals surface area contributed by atoms with E-state index in [-0.39, 0.29) is 16.3 Å². The Kier molecular flexibility index (Phi) is 4.00. The average molecular weight is 252 g/mol. The van der Waals surface area contributed by atoms with Gasteiger partial charge in [-0.3, -0.25) is 0 Å². The van der Waals surface area contributed by atoms with Gasteiger partial charge in [0.25, 0.3) is 0 Å². The van der Waals surface area contributed by atoms with E-state index in [1.54, 1.807) is 0 Å². The normalized spacial score (nSPS) is 10.4. The number of halogens is 3. The van der Waals surface area contributed by atoms with Crippen molar-refractivity contribution in [2.75, 3.05) is 7.11 Å². The molecule has 4 nitrogen and oxygen atoms in total. The second-order valence-electron chi connectivity index (χ2n) is 2.78. The first-order chi connectivity index (χ1) is 7.45. The third-order valence-corrected chi connectivity index (χ3v) is 2.10. The molecule has 16 heavy (non-hydrogen) atoms. The number of carbonyl (C=O) groups excluding carboxylic acids is 1. The molecule has 0 spiro atoms. The van der Waals surface area contributed by atoms with Crippen LogP contribution in [0.5, 0.6) is 5.88 Å². The summed E-state index contributed by atoms with van der Waals surface area (Å²) in [5.74, 6) is -1.34. The smallest absolute Gasteiger partial charge is 0.388 e. The minimum atomic E-state index is -3.07. The minimum absolute atomic E-state index is 0.169. The summed E-state index contributed by atoms with van der Waals surface area (Å²) in [4.78, 5) is 14.9. The summed E-state index contributed by atoms with van der Waals surface area (Å²) in [5, 5.41) is 0.169. The molecule has 0 bridgehead atoms. The van der Waals surface area contributed by atoms with Crippen LogP contribution in [-0.2, 0) is 4.74 Å². The molecular weight excluding hydrogens is 244 g/mol. The highest BCUT2D eigenvalue weighted by Gasteiger charge is 2.19. The molecule has 0 N–H and O–H groups in total. The van der Waals surface area contributed by atoms with Crippen molar-refractivity contribution in [2.45, 2.75) is 13.5 Å². The Morgan fingerprint density at radius 2 is 2.19 bits per heavy atom. The molecule has 0 aliphatic heterocycles. The summed E-state index contributed by atoms with van der Waals surface area (Å²) in [6, 6.07) is 1.17. The van der Waals surface area contributed by atoms with E-state index >= 15 is 0 Å². The fourth-order valence-corrected chi connectivity index (χ4v) is 1.14. The number of pyridine rings is 1. The molecule has 1 heterocycles. The van der Waals surface area contributed by atoms with Gasteiger partial charge in [0.1, 0.15) is 5.56 Å². The van der Waals surface area contributed by atoms with Gasteiger partial charge in [-0.25, -0.2) is 9.78 Å². The predicted molar refractivity (Wildman–Crippen MR) is 52.0 cm³/mol. The van der Waals surface area contributed by atoms with Crippen molar-refractivity contribution in [3.8, 4) is 5.88 Å². The van der Waals surface area contributed by atoms with Gasteiger partial charge in [-0.1, -0.05) is 11.6 Å². The number of nitrogens with zero attached hydrogens (tertiary/aromatic N) is 1. The average Bonchev–Trinajstić information content (AvgIpc) is 2.21. The highest BCUT2D eigenvalue weighted by molar-refractivity contribution is 6.31. The van der Waals surface area contributed by atoms with E-state index in [1.807, 2.05) is 0 Å². The van der Waals surface area contributed by atoms with Gasteiger partial charge in [-0.05, 0) is 13.0 Å². The van der Waals surface area contributed by atoms with Crippen molar-refractivity contribution < 1.29 is 23.0 Å². The molecule has 0 amide bonds. The maximum atomic E-state index is 12.1. The number of rotatable bonds is 3. The fourth-order valence-electron chi connectivity index (χ4n) is 0.989. The Hall–Kier alpha value is -1.43. The molecule has 0 aliphatic rings. The van der Waals surface area contributed by atoms with Gasteiger partial charge in [0.2, 0.25) is 5.88 Å². The summed E-state index contributed by atoms with van der Waals surface area (Å²) < 4.78 is 32.6. The third-order valence-electron chi connectivity index (χ3n) is 1.72. The van der Waals surface area contributed by atoms with Crippen LogP contribution in [0, 0.1) is 6.92 Å². The number of aromatic nitrogens is 1. The van der Waals surface area contributed by atoms with Crippen LogP contribution in [0.2, 0.25) is 5.02 Å². The second kappa shape index (κ2) is 5.07. The Bertz CT molecular complexity index is 412. The molecule has 0 aliphatic carbocycles. The predicted octanol–water partition coefficient (Wildman–Crippen LogP) is 2.43. The van der Waals surface area contributed by atoms with Crippen LogP contribution in [0.25, 0.3) is 0 Å². The van der Waals surface area contributed by atoms with E-state index < -0.39 is 18.5 Å². The van der Waals surface area contributed by atoms with Gasteiger partial charge < -0.3 is 9.47 Å². The number of ether oxygens (including phenoxy) is 2. The molecule has 7 heteroatoms. The largest absolute Gasteiger partial charge is 0.465 e. The zero-order valence-corrected chi connectivity index (χ0v) is 9.22. The molecule has 0 radical (unpaired) electrons. The molecule has 1 aromatic heterocycles. The van der Waals surface area contributed by atoms with Crippen molar-refractivity contribution in [1.29, 1.82) is 0 Å². The number of carbonyl (C=O) groups is 1. The van der Waals surface area contributed by atoms with Gasteiger partial charge in [-0.2, -0.15) is 8.78 Å². The lowest BCUT2D eigenvalue weighted by atomic mass is 10.2. The molecule has 1 rings (SSSR count). The van der Waals surface area contributed by atoms with Crippen molar-refractivity contribution in [3.63, 3.8) is 0 Å². The van der Waals surface area contributed by atoms with Crippen LogP contribution < -0.4 is 4.74 Å². The standard InChI is InChI=1S/C9H8ClF2NO3/c1-4-6(10)3-5(8(14)15-2)7(13-4)16-9(11)12/h3,9H,1-2H3. The summed E-state index contributed by atoms with van der Waals surface area (Å²) in [6.45, 7) is -1.57. The summed E-state index contributed by atoms with van der Waals surface area (Å²) in [6.07, 6.45) is 0. The quantitative estimate of drug-likeness (QED) is 0.774. The van der Waals surface area contributed by atoms with Gasteiger partial charge in [0.15, 0.2) is 0 Å². The molecule has 0 saturated heterocycles. The van der Waals surface area contributed by atoms with Crippen molar-refractivity contribution in [1.82, 2.24) is 4.98 Å². The Labute approximate surface area is 95.1 Å². The van der Waals surface area contributed by atoms with Gasteiger partial charge >= 0.3 is 12.6 Å². The number of methoxy groups -OCH3 is 1. The SMILES string of the molecule is COC(=O)c1cc(Cl)c(C)nc1OC(F)F. The molecular formula is C9H8ClF2NO3. The zero-order chi connectivity index (χ0) is 12.3. The van der Waals surface area contributed by atoms with E-state index in [1.165, 1.54) is 13.0 Å². The Balaban J connectivity index is 3.21. The maximum absolute atomic E-state index is 12.1. The van der Waals surface area contributed by atoms with Crippen LogP contribution in [0.15, 0.2) is 6.07 Å². The number of hydrogen-bond donors (Lipinski definition) is 0. The van der Waals surface area contributed by atoms with Crippen molar-refractivity contribution in [2.24, 2.45) is 0 Å². The van der Waals surface area contributed by atoms with Crippen LogP contribution in [0.1, 0.15) is 16.1 Å². The first-order valence-electron chi connectivity index (χ1n) is 4.16. The van der Waals surface area contributed by atoms with Crippen LogP contribution in [0.3, 0.4) is 0 Å². The Morgan fingerprint density at radius 1 is 1.56 bits per heavy atom. The summed E-state index contributed by atoms with van der Waals surface area (Å²) in [7, 11) is 1.11. The number of hydrogen-bond acceptors (Lipinski definition) is 4. The Morgan fingerprint density at radius 3 is 2.69 bits per heavy atom. The van der Waals surface area contributed by atoms with Crippen molar-refractivity contribution in [3.05, 3.63) is 22.3 Å². The molecule has 1 aromatic rings. The van der Waals surface area contributed by atoms with Gasteiger partial charge in [-0.15, -0.1) is 0 Å². The maximum Gasteiger partial charge on any atom is 0.388 e. The van der Waals surface area contributed by atoms with E-state index in [4.69, 9.17) is 11.6 Å². The zero-order valence-electron chi connectivity index (χ0n) is 8.46. The first-order valence-corrected chi connectivity index (χ1v) is 4.53. The van der Waals surface area contributed by atoms with Gasteiger partial charge in [0.05, 0.1) is 17.8 Å². The molecule has 0 unspecified atom stereocenters. The molecule has 0 fully saturated rings. The molecule has 88 valence electrons. The lowest BCUT2D eigenvalue weighted by Gasteiger charge is -2.09. The number of alkyl halides is 2. The lowest BCUT2D eigenvalue weighted by molar-refractivity contribution is -0.0535. The fraction of sp³-hybridized carbons (Fsp3) is 0.333. The summed E-state index contributed by atoms with van der Waals surface area (Å²) >= 11 is 5.71. The molecule has 0 saturated carbocycles. The summed E-state index contributed by atoms with van der Waals surface area (Å²) in [5.41, 5.74) is 0.0448. The first kappa shape index (κ1) is 12.6. The lowest BCUT2D eigenvalue weighted by Crippen LogP contribution is -2.11. The highest BCUT2D eigenvalue weighted by Crippen LogP contribution is 2.24. The van der Waals surface area contributed by atoms with Crippen LogP contribution in [-0.4, -0.2) is 24.7 Å². The van der Waals surface area contributed by atoms with Crippen LogP contribution >= 0.6 is 11.6 Å². The van der Waals surface area contributed by atoms with Crippen LogP contribution in [0.4, 0.5) is 8.78 Å². The van der Waals surface area contributed by atoms with E-state index in [9.17, 15) is 13.6 Å². The third kappa shape index (κ3) is 2.79. The topological polar surface area (TPSA) is 48.4 Å². The monoisotopic (exact) mass is 251 g/mol. The second-order valence-corrected chi connectivity index (χ2v) is 3.19. The van der Waals surface area contributed by atoms with E-state index in [2.05, 4.69) is 14.5 Å². The van der Waals surface area contributed by atoms with E-state index in [0.717, 1.165) is 7.11 Å². The molecule has 0 aromatic carbocycles. The molecule has 0 atom stereocenters. The number of esters is 1. The number of aryl methyl sites for hydroxylation is 1. The van der Waals surface area contributed by atoms with Crippen molar-refractivity contribution >= 4 is 17.6 Å². The minimum Gasteiger partial charge on any atom is -0.465 e. The van der Waals surface area contributed by atoms with Gasteiger partial charge in [0, 0.05) is 0 Å².